The Bertz CT molecular complexity index is 1000. The lowest BCUT2D eigenvalue weighted by molar-refractivity contribution is 0.155. The van der Waals surface area contributed by atoms with Gasteiger partial charge in [-0.2, -0.15) is 0 Å². The number of aliphatic hydroxyl groups is 1. The van der Waals surface area contributed by atoms with Gasteiger partial charge in [-0.3, -0.25) is 9.88 Å². The highest BCUT2D eigenvalue weighted by atomic mass is 19.1. The van der Waals surface area contributed by atoms with E-state index in [1.807, 2.05) is 4.57 Å². The van der Waals surface area contributed by atoms with Crippen molar-refractivity contribution in [3.05, 3.63) is 65.1 Å². The zero-order chi connectivity index (χ0) is 18.5. The predicted octanol–water partition coefficient (Wildman–Crippen LogP) is 3.74. The van der Waals surface area contributed by atoms with Crippen LogP contribution < -0.4 is 0 Å². The minimum absolute atomic E-state index is 0.219. The molecule has 0 spiro atoms. The Morgan fingerprint density at radius 1 is 1.19 bits per heavy atom. The highest BCUT2D eigenvalue weighted by molar-refractivity contribution is 5.87. The van der Waals surface area contributed by atoms with E-state index in [9.17, 15) is 13.9 Å². The largest absolute Gasteiger partial charge is 0.387 e. The molecule has 2 unspecified atom stereocenters. The molecule has 0 radical (unpaired) electrons. The zero-order valence-corrected chi connectivity index (χ0v) is 14.9. The molecule has 2 aromatic heterocycles. The number of aliphatic hydroxyl groups excluding tert-OH is 1. The third-order valence-corrected chi connectivity index (χ3v) is 6.00. The lowest BCUT2D eigenvalue weighted by Crippen LogP contribution is -2.31. The molecule has 0 bridgehead atoms. The van der Waals surface area contributed by atoms with Gasteiger partial charge in [-0.05, 0) is 48.7 Å². The molecule has 5 rings (SSSR count). The lowest BCUT2D eigenvalue weighted by atomic mass is 9.96. The number of aromatic nitrogens is 2. The summed E-state index contributed by atoms with van der Waals surface area (Å²) in [6.07, 6.45) is 5.39. The molecule has 1 saturated heterocycles. The molecular weight excluding hydrogens is 348 g/mol. The van der Waals surface area contributed by atoms with E-state index in [2.05, 4.69) is 9.88 Å². The van der Waals surface area contributed by atoms with Gasteiger partial charge in [0.1, 0.15) is 11.6 Å². The highest BCUT2D eigenvalue weighted by Crippen LogP contribution is 2.44. The van der Waals surface area contributed by atoms with Crippen LogP contribution in [0.15, 0.2) is 36.7 Å². The summed E-state index contributed by atoms with van der Waals surface area (Å²) in [6.45, 7) is 2.20. The number of hydrogen-bond donors (Lipinski definition) is 1. The quantitative estimate of drug-likeness (QED) is 0.765. The number of halogens is 2. The van der Waals surface area contributed by atoms with E-state index in [-0.39, 0.29) is 12.6 Å². The maximum absolute atomic E-state index is 14.8. The first-order valence-corrected chi connectivity index (χ1v) is 9.45. The Morgan fingerprint density at radius 3 is 2.81 bits per heavy atom. The van der Waals surface area contributed by atoms with E-state index < -0.39 is 17.7 Å². The maximum Gasteiger partial charge on any atom is 0.150 e. The molecule has 3 aromatic rings. The molecule has 0 saturated carbocycles. The Morgan fingerprint density at radius 2 is 2.00 bits per heavy atom. The smallest absolute Gasteiger partial charge is 0.150 e. The van der Waals surface area contributed by atoms with Gasteiger partial charge in [0.05, 0.1) is 18.2 Å². The monoisotopic (exact) mass is 369 g/mol. The number of nitrogens with zero attached hydrogens (tertiary/aromatic N) is 3. The van der Waals surface area contributed by atoms with Crippen LogP contribution in [0.2, 0.25) is 0 Å². The molecule has 140 valence electrons. The Balaban J connectivity index is 1.68. The van der Waals surface area contributed by atoms with Crippen LogP contribution in [0.1, 0.15) is 41.8 Å². The third-order valence-electron chi connectivity index (χ3n) is 6.00. The second kappa shape index (κ2) is 6.39. The standard InChI is InChI=1S/C21H21F2N3O/c22-14-10-15-20-17-2-1-8-25(17)9-5-18(20)26(21(15)16(23)11-14)12-19(27)13-3-6-24-7-4-13/h3-4,6-7,10-11,17,19,27H,1-2,5,8-9,12H2. The highest BCUT2D eigenvalue weighted by Gasteiger charge is 2.36. The van der Waals surface area contributed by atoms with Crippen LogP contribution in [0.25, 0.3) is 10.9 Å². The van der Waals surface area contributed by atoms with Gasteiger partial charge >= 0.3 is 0 Å². The molecule has 0 amide bonds. The average Bonchev–Trinajstić information content (AvgIpc) is 3.25. The molecule has 1 fully saturated rings. The summed E-state index contributed by atoms with van der Waals surface area (Å²) in [5, 5.41) is 11.4. The second-order valence-electron chi connectivity index (χ2n) is 7.50. The van der Waals surface area contributed by atoms with Gasteiger partial charge < -0.3 is 9.67 Å². The summed E-state index contributed by atoms with van der Waals surface area (Å²) in [5.41, 5.74) is 3.23. The van der Waals surface area contributed by atoms with Crippen LogP contribution in [0, 0.1) is 11.6 Å². The Hall–Kier alpha value is -2.31. The number of fused-ring (bicyclic) bond motifs is 5. The minimum Gasteiger partial charge on any atom is -0.387 e. The Labute approximate surface area is 156 Å². The van der Waals surface area contributed by atoms with Crippen molar-refractivity contribution >= 4 is 10.9 Å². The molecule has 27 heavy (non-hydrogen) atoms. The number of rotatable bonds is 3. The van der Waals surface area contributed by atoms with Crippen molar-refractivity contribution < 1.29 is 13.9 Å². The molecule has 0 aliphatic carbocycles. The molecule has 4 heterocycles. The first kappa shape index (κ1) is 16.8. The fourth-order valence-corrected chi connectivity index (χ4v) is 4.86. The van der Waals surface area contributed by atoms with Crippen molar-refractivity contribution in [1.82, 2.24) is 14.5 Å². The van der Waals surface area contributed by atoms with Crippen LogP contribution in [-0.2, 0) is 13.0 Å². The fourth-order valence-electron chi connectivity index (χ4n) is 4.86. The second-order valence-corrected chi connectivity index (χ2v) is 7.50. The van der Waals surface area contributed by atoms with E-state index >= 15 is 0 Å². The average molecular weight is 369 g/mol. The van der Waals surface area contributed by atoms with E-state index in [0.29, 0.717) is 10.9 Å². The lowest BCUT2D eigenvalue weighted by Gasteiger charge is -2.31. The van der Waals surface area contributed by atoms with E-state index in [0.717, 1.165) is 55.2 Å². The zero-order valence-electron chi connectivity index (χ0n) is 14.9. The van der Waals surface area contributed by atoms with Crippen LogP contribution in [0.4, 0.5) is 8.78 Å². The Kier molecular flexibility index (Phi) is 3.98. The summed E-state index contributed by atoms with van der Waals surface area (Å²) >= 11 is 0. The molecule has 2 aliphatic heterocycles. The van der Waals surface area contributed by atoms with Crippen molar-refractivity contribution in [2.24, 2.45) is 0 Å². The summed E-state index contributed by atoms with van der Waals surface area (Å²) in [6, 6.07) is 6.13. The fraction of sp³-hybridized carbons (Fsp3) is 0.381. The first-order chi connectivity index (χ1) is 13.1. The number of benzene rings is 1. The van der Waals surface area contributed by atoms with Crippen molar-refractivity contribution in [2.75, 3.05) is 13.1 Å². The molecular formula is C21H21F2N3O. The molecule has 6 heteroatoms. The van der Waals surface area contributed by atoms with Crippen molar-refractivity contribution in [3.63, 3.8) is 0 Å². The van der Waals surface area contributed by atoms with Gasteiger partial charge in [-0.15, -0.1) is 0 Å². The summed E-state index contributed by atoms with van der Waals surface area (Å²) in [4.78, 5) is 6.39. The van der Waals surface area contributed by atoms with Gasteiger partial charge in [-0.1, -0.05) is 0 Å². The molecule has 4 nitrogen and oxygen atoms in total. The SMILES string of the molecule is OC(Cn1c2c(c3cc(F)cc(F)c31)C1CCCN1CC2)c1ccncc1. The molecule has 2 atom stereocenters. The van der Waals surface area contributed by atoms with Crippen LogP contribution in [0.3, 0.4) is 0 Å². The maximum atomic E-state index is 14.8. The third kappa shape index (κ3) is 2.66. The van der Waals surface area contributed by atoms with Gasteiger partial charge in [-0.25, -0.2) is 8.78 Å². The first-order valence-electron chi connectivity index (χ1n) is 9.45. The van der Waals surface area contributed by atoms with Crippen LogP contribution in [-0.4, -0.2) is 32.6 Å². The summed E-state index contributed by atoms with van der Waals surface area (Å²) < 4.78 is 30.7. The van der Waals surface area contributed by atoms with Gasteiger partial charge in [0.25, 0.3) is 0 Å². The van der Waals surface area contributed by atoms with Crippen molar-refractivity contribution in [1.29, 1.82) is 0 Å². The molecule has 1 N–H and O–H groups in total. The minimum atomic E-state index is -0.779. The molecule has 2 aliphatic rings. The predicted molar refractivity (Wildman–Crippen MR) is 98.3 cm³/mol. The van der Waals surface area contributed by atoms with Gasteiger partial charge in [0.15, 0.2) is 0 Å². The van der Waals surface area contributed by atoms with Crippen LogP contribution in [0.5, 0.6) is 0 Å². The molecule has 1 aromatic carbocycles. The van der Waals surface area contributed by atoms with Crippen LogP contribution >= 0.6 is 0 Å². The topological polar surface area (TPSA) is 41.3 Å². The number of hydrogen-bond acceptors (Lipinski definition) is 3. The van der Waals surface area contributed by atoms with Crippen molar-refractivity contribution in [2.45, 2.75) is 38.0 Å². The van der Waals surface area contributed by atoms with E-state index in [1.165, 1.54) is 6.07 Å². The van der Waals surface area contributed by atoms with Crippen molar-refractivity contribution in [3.8, 4) is 0 Å². The van der Waals surface area contributed by atoms with E-state index in [1.54, 1.807) is 24.5 Å². The number of pyridine rings is 1. The summed E-state index contributed by atoms with van der Waals surface area (Å²) in [5.74, 6) is -1.12. The van der Waals surface area contributed by atoms with E-state index in [4.69, 9.17) is 0 Å². The normalized spacial score (nSPS) is 20.6. The summed E-state index contributed by atoms with van der Waals surface area (Å²) in [7, 11) is 0. The van der Waals surface area contributed by atoms with Gasteiger partial charge in [0.2, 0.25) is 0 Å². The van der Waals surface area contributed by atoms with Gasteiger partial charge in [0, 0.05) is 48.5 Å².